The normalized spacial score (nSPS) is 52.2. The smallest absolute Gasteiger partial charge is 0.109 e. The van der Waals surface area contributed by atoms with Crippen LogP contribution in [0.25, 0.3) is 0 Å². The molecule has 2 rings (SSSR count). The van der Waals surface area contributed by atoms with E-state index in [1.54, 1.807) is 0 Å². The summed E-state index contributed by atoms with van der Waals surface area (Å²) in [4.78, 5) is 1.83. The Labute approximate surface area is 76.2 Å². The fourth-order valence-corrected chi connectivity index (χ4v) is 2.30. The van der Waals surface area contributed by atoms with Gasteiger partial charge in [0.2, 0.25) is 0 Å². The van der Waals surface area contributed by atoms with Gasteiger partial charge in [-0.15, -0.1) is 0 Å². The molecule has 0 aromatic heterocycles. The van der Waals surface area contributed by atoms with Crippen LogP contribution in [-0.2, 0) is 0 Å². The van der Waals surface area contributed by atoms with E-state index in [1.165, 1.54) is 0 Å². The Balaban J connectivity index is 2.15. The van der Waals surface area contributed by atoms with E-state index < -0.39 is 30.5 Å². The van der Waals surface area contributed by atoms with Crippen molar-refractivity contribution in [3.63, 3.8) is 0 Å². The Kier molecular flexibility index (Phi) is 2.29. The van der Waals surface area contributed by atoms with Crippen LogP contribution in [0, 0.1) is 0 Å². The van der Waals surface area contributed by atoms with Gasteiger partial charge in [0.1, 0.15) is 12.2 Å². The van der Waals surface area contributed by atoms with E-state index >= 15 is 0 Å². The maximum Gasteiger partial charge on any atom is 0.109 e. The molecule has 0 spiro atoms. The van der Waals surface area contributed by atoms with E-state index in [2.05, 4.69) is 0 Å². The van der Waals surface area contributed by atoms with Crippen molar-refractivity contribution in [3.05, 3.63) is 0 Å². The van der Waals surface area contributed by atoms with Gasteiger partial charge in [-0.1, -0.05) is 0 Å². The van der Waals surface area contributed by atoms with Crippen LogP contribution in [0.3, 0.4) is 0 Å². The first-order valence-corrected chi connectivity index (χ1v) is 4.57. The highest BCUT2D eigenvalue weighted by atomic mass is 16.4. The molecule has 2 aliphatic heterocycles. The number of aliphatic hydroxyl groups is 4. The fraction of sp³-hybridized carbons (Fsp3) is 1.00. The highest BCUT2D eigenvalue weighted by Crippen LogP contribution is 2.27. The summed E-state index contributed by atoms with van der Waals surface area (Å²) >= 11 is 0. The zero-order valence-electron chi connectivity index (χ0n) is 7.24. The van der Waals surface area contributed by atoms with E-state index in [9.17, 15) is 20.4 Å². The van der Waals surface area contributed by atoms with Crippen molar-refractivity contribution in [1.82, 2.24) is 4.90 Å². The Hall–Kier alpha value is -0.200. The maximum absolute atomic E-state index is 9.58. The van der Waals surface area contributed by atoms with Gasteiger partial charge in [0.05, 0.1) is 18.2 Å². The number of piperidine rings is 1. The van der Waals surface area contributed by atoms with Crippen molar-refractivity contribution in [2.75, 3.05) is 13.1 Å². The molecule has 13 heavy (non-hydrogen) atoms. The van der Waals surface area contributed by atoms with Gasteiger partial charge in [0, 0.05) is 13.1 Å². The van der Waals surface area contributed by atoms with Crippen LogP contribution >= 0.6 is 0 Å². The largest absolute Gasteiger partial charge is 0.391 e. The summed E-state index contributed by atoms with van der Waals surface area (Å²) < 4.78 is 0. The number of nitrogens with zero attached hydrogens (tertiary/aromatic N) is 1. The third-order valence-electron chi connectivity index (χ3n) is 3.04. The summed E-state index contributed by atoms with van der Waals surface area (Å²) in [7, 11) is 0. The second kappa shape index (κ2) is 3.18. The highest BCUT2D eigenvalue weighted by molar-refractivity contribution is 5.01. The lowest BCUT2D eigenvalue weighted by molar-refractivity contribution is -0.140. The second-order valence-electron chi connectivity index (χ2n) is 3.89. The average molecular weight is 189 g/mol. The second-order valence-corrected chi connectivity index (χ2v) is 3.89. The molecular weight excluding hydrogens is 174 g/mol. The minimum atomic E-state index is -1.13. The van der Waals surface area contributed by atoms with Crippen molar-refractivity contribution >= 4 is 0 Å². The quantitative estimate of drug-likeness (QED) is 0.339. The molecule has 0 aromatic rings. The lowest BCUT2D eigenvalue weighted by Crippen LogP contribution is -2.61. The number of aliphatic hydroxyl groups excluding tert-OH is 4. The molecule has 0 amide bonds. The van der Waals surface area contributed by atoms with E-state index in [0.717, 1.165) is 0 Å². The first-order chi connectivity index (χ1) is 6.11. The topological polar surface area (TPSA) is 84.2 Å². The number of hydrogen-bond acceptors (Lipinski definition) is 5. The van der Waals surface area contributed by atoms with Gasteiger partial charge in [-0.3, -0.25) is 4.90 Å². The third kappa shape index (κ3) is 1.37. The number of rotatable bonds is 0. The molecular formula is C8H15NO4. The molecule has 76 valence electrons. The highest BCUT2D eigenvalue weighted by Gasteiger charge is 2.47. The molecule has 0 aliphatic carbocycles. The number of hydrogen-bond donors (Lipinski definition) is 4. The van der Waals surface area contributed by atoms with Gasteiger partial charge in [-0.2, -0.15) is 0 Å². The van der Waals surface area contributed by atoms with Crippen molar-refractivity contribution in [2.24, 2.45) is 0 Å². The monoisotopic (exact) mass is 189 g/mol. The SMILES string of the molecule is O[C@@H]1[C@H](O)[C@@H](O)CN2CC[C@H](O)[C@@H]12. The van der Waals surface area contributed by atoms with Crippen LogP contribution in [0.15, 0.2) is 0 Å². The zero-order chi connectivity index (χ0) is 9.59. The van der Waals surface area contributed by atoms with Gasteiger partial charge >= 0.3 is 0 Å². The summed E-state index contributed by atoms with van der Waals surface area (Å²) in [6, 6.07) is -0.404. The third-order valence-corrected chi connectivity index (χ3v) is 3.04. The van der Waals surface area contributed by atoms with E-state index in [0.29, 0.717) is 19.5 Å². The van der Waals surface area contributed by atoms with Crippen molar-refractivity contribution in [2.45, 2.75) is 36.9 Å². The molecule has 5 nitrogen and oxygen atoms in total. The average Bonchev–Trinajstić information content (AvgIpc) is 2.43. The van der Waals surface area contributed by atoms with Crippen LogP contribution in [0.5, 0.6) is 0 Å². The zero-order valence-corrected chi connectivity index (χ0v) is 7.24. The predicted molar refractivity (Wildman–Crippen MR) is 44.0 cm³/mol. The minimum absolute atomic E-state index is 0.333. The van der Waals surface area contributed by atoms with Gasteiger partial charge in [0.25, 0.3) is 0 Å². The van der Waals surface area contributed by atoms with E-state index in [-0.39, 0.29) is 0 Å². The number of fused-ring (bicyclic) bond motifs is 1. The summed E-state index contributed by atoms with van der Waals surface area (Å²) in [5.74, 6) is 0. The minimum Gasteiger partial charge on any atom is -0.391 e. The van der Waals surface area contributed by atoms with Gasteiger partial charge < -0.3 is 20.4 Å². The van der Waals surface area contributed by atoms with E-state index in [1.807, 2.05) is 4.90 Å². The fourth-order valence-electron chi connectivity index (χ4n) is 2.30. The summed E-state index contributed by atoms with van der Waals surface area (Å²) in [5.41, 5.74) is 0. The van der Waals surface area contributed by atoms with Gasteiger partial charge in [0.15, 0.2) is 0 Å². The molecule has 0 saturated carbocycles. The molecule has 0 unspecified atom stereocenters. The maximum atomic E-state index is 9.58. The Morgan fingerprint density at radius 3 is 2.31 bits per heavy atom. The molecule has 4 N–H and O–H groups in total. The van der Waals surface area contributed by atoms with Crippen molar-refractivity contribution < 1.29 is 20.4 Å². The summed E-state index contributed by atoms with van der Waals surface area (Å²) in [6.45, 7) is 1.01. The lowest BCUT2D eigenvalue weighted by atomic mass is 9.93. The molecule has 0 radical (unpaired) electrons. The summed E-state index contributed by atoms with van der Waals surface area (Å²) in [5, 5.41) is 37.8. The molecule has 0 aromatic carbocycles. The summed E-state index contributed by atoms with van der Waals surface area (Å²) in [6.07, 6.45) is -3.06. The van der Waals surface area contributed by atoms with Gasteiger partial charge in [-0.05, 0) is 6.42 Å². The van der Waals surface area contributed by atoms with Crippen LogP contribution in [0.1, 0.15) is 6.42 Å². The van der Waals surface area contributed by atoms with Crippen LogP contribution in [0.2, 0.25) is 0 Å². The lowest BCUT2D eigenvalue weighted by Gasteiger charge is -2.40. The Morgan fingerprint density at radius 1 is 0.923 bits per heavy atom. The van der Waals surface area contributed by atoms with Crippen molar-refractivity contribution in [1.29, 1.82) is 0 Å². The molecule has 2 aliphatic rings. The molecule has 0 bridgehead atoms. The van der Waals surface area contributed by atoms with E-state index in [4.69, 9.17) is 0 Å². The first-order valence-electron chi connectivity index (χ1n) is 4.57. The first kappa shape index (κ1) is 9.36. The van der Waals surface area contributed by atoms with Crippen LogP contribution < -0.4 is 0 Å². The van der Waals surface area contributed by atoms with Crippen LogP contribution in [-0.4, -0.2) is 68.9 Å². The Morgan fingerprint density at radius 2 is 1.62 bits per heavy atom. The molecule has 2 fully saturated rings. The van der Waals surface area contributed by atoms with Crippen molar-refractivity contribution in [3.8, 4) is 0 Å². The van der Waals surface area contributed by atoms with Gasteiger partial charge in [-0.25, -0.2) is 0 Å². The molecule has 2 heterocycles. The molecule has 2 saturated heterocycles. The van der Waals surface area contributed by atoms with Crippen LogP contribution in [0.4, 0.5) is 0 Å². The standard InChI is InChI=1S/C8H15NO4/c10-4-1-2-9-3-5(11)7(12)8(13)6(4)9/h4-8,10-13H,1-3H2/t4-,5-,6-,7+,8-/m0/s1. The molecule has 5 atom stereocenters. The predicted octanol–water partition coefficient (Wildman–Crippen LogP) is -2.48. The Bertz CT molecular complexity index is 201. The molecule has 5 heteroatoms.